The molecule has 0 aliphatic heterocycles. The maximum Gasteiger partial charge on any atom is 0.472 e. The van der Waals surface area contributed by atoms with E-state index in [-0.39, 0.29) is 12.8 Å². The number of ether oxygens (including phenoxy) is 3. The Morgan fingerprint density at radius 3 is 1.82 bits per heavy atom. The van der Waals surface area contributed by atoms with E-state index in [0.29, 0.717) is 12.8 Å². The number of methoxy groups -OCH3 is 1. The van der Waals surface area contributed by atoms with E-state index in [1.165, 1.54) is 0 Å². The number of unbranched alkanes of at least 4 members (excludes halogenated alkanes) is 6. The first-order chi connectivity index (χ1) is 18.0. The third kappa shape index (κ3) is 12.4. The molecule has 1 saturated carbocycles. The first-order valence-electron chi connectivity index (χ1n) is 13.2. The molecule has 0 bridgehead atoms. The Labute approximate surface area is 224 Å². The van der Waals surface area contributed by atoms with Gasteiger partial charge < -0.3 is 39.5 Å². The van der Waals surface area contributed by atoms with Gasteiger partial charge in [0.05, 0.1) is 6.61 Å². The highest BCUT2D eigenvalue weighted by molar-refractivity contribution is 7.47. The maximum atomic E-state index is 12.6. The van der Waals surface area contributed by atoms with Crippen LogP contribution in [-0.4, -0.2) is 100 Å². The van der Waals surface area contributed by atoms with Crippen molar-refractivity contribution in [3.05, 3.63) is 0 Å². The molecule has 5 N–H and O–H groups in total. The fourth-order valence-electron chi connectivity index (χ4n) is 3.95. The Balaban J connectivity index is 2.77. The molecule has 38 heavy (non-hydrogen) atoms. The molecule has 1 fully saturated rings. The summed E-state index contributed by atoms with van der Waals surface area (Å²) < 4.78 is 38.0. The SMILES string of the molecule is CCCCCCC(=O)OC[C@H](COP(=O)(O)O[C@@H]1[C@@H](O)[C@H](O)[C@@H](O)[C@H](O)[C@@H]1OC)OC(=O)CCCCCC. The lowest BCUT2D eigenvalue weighted by Gasteiger charge is -2.43. The van der Waals surface area contributed by atoms with E-state index in [1.807, 2.05) is 13.8 Å². The van der Waals surface area contributed by atoms with E-state index in [0.717, 1.165) is 45.6 Å². The summed E-state index contributed by atoms with van der Waals surface area (Å²) in [6, 6.07) is 0. The Kier molecular flexibility index (Phi) is 16.7. The summed E-state index contributed by atoms with van der Waals surface area (Å²) in [7, 11) is -3.89. The Bertz CT molecular complexity index is 736. The molecule has 0 heterocycles. The van der Waals surface area contributed by atoms with E-state index < -0.39 is 75.7 Å². The van der Waals surface area contributed by atoms with Crippen LogP contribution >= 0.6 is 7.82 Å². The minimum absolute atomic E-state index is 0.108. The number of esters is 2. The summed E-state index contributed by atoms with van der Waals surface area (Å²) in [6.45, 7) is 2.97. The minimum atomic E-state index is -5.00. The van der Waals surface area contributed by atoms with Crippen LogP contribution in [0, 0.1) is 0 Å². The molecule has 0 spiro atoms. The molecular formula is C24H45O13P. The van der Waals surface area contributed by atoms with Crippen molar-refractivity contribution in [3.63, 3.8) is 0 Å². The Hall–Kier alpha value is -1.15. The molecule has 0 aromatic heterocycles. The first-order valence-corrected chi connectivity index (χ1v) is 14.7. The van der Waals surface area contributed by atoms with E-state index in [1.54, 1.807) is 0 Å². The first kappa shape index (κ1) is 34.9. The van der Waals surface area contributed by atoms with Crippen LogP contribution < -0.4 is 0 Å². The predicted octanol–water partition coefficient (Wildman–Crippen LogP) is 1.36. The highest BCUT2D eigenvalue weighted by Crippen LogP contribution is 2.47. The second kappa shape index (κ2) is 18.2. The van der Waals surface area contributed by atoms with Crippen LogP contribution in [0.1, 0.15) is 78.1 Å². The number of phosphoric acid groups is 1. The minimum Gasteiger partial charge on any atom is -0.462 e. The van der Waals surface area contributed by atoms with Gasteiger partial charge in [0.2, 0.25) is 0 Å². The van der Waals surface area contributed by atoms with Crippen molar-refractivity contribution in [3.8, 4) is 0 Å². The lowest BCUT2D eigenvalue weighted by Crippen LogP contribution is -2.64. The van der Waals surface area contributed by atoms with Crippen LogP contribution in [0.25, 0.3) is 0 Å². The molecule has 13 nitrogen and oxygen atoms in total. The molecule has 14 heteroatoms. The van der Waals surface area contributed by atoms with Crippen LogP contribution in [0.2, 0.25) is 0 Å². The van der Waals surface area contributed by atoms with E-state index in [9.17, 15) is 39.5 Å². The van der Waals surface area contributed by atoms with Crippen molar-refractivity contribution < 1.29 is 62.7 Å². The van der Waals surface area contributed by atoms with Gasteiger partial charge in [0.25, 0.3) is 0 Å². The summed E-state index contributed by atoms with van der Waals surface area (Å²) in [5.74, 6) is -1.10. The molecular weight excluding hydrogens is 527 g/mol. The number of rotatable bonds is 19. The van der Waals surface area contributed by atoms with Gasteiger partial charge >= 0.3 is 19.8 Å². The highest BCUT2D eigenvalue weighted by atomic mass is 31.2. The molecule has 1 unspecified atom stereocenters. The second-order valence-corrected chi connectivity index (χ2v) is 10.8. The highest BCUT2D eigenvalue weighted by Gasteiger charge is 2.52. The van der Waals surface area contributed by atoms with Crippen molar-refractivity contribution in [2.45, 2.75) is 121 Å². The molecule has 224 valence electrons. The van der Waals surface area contributed by atoms with Crippen LogP contribution in [0.4, 0.5) is 0 Å². The maximum absolute atomic E-state index is 12.6. The quantitative estimate of drug-likeness (QED) is 0.0845. The molecule has 8 atom stereocenters. The average molecular weight is 573 g/mol. The van der Waals surface area contributed by atoms with Crippen molar-refractivity contribution in [2.24, 2.45) is 0 Å². The predicted molar refractivity (Wildman–Crippen MR) is 134 cm³/mol. The van der Waals surface area contributed by atoms with Gasteiger partial charge in [0, 0.05) is 20.0 Å². The zero-order valence-electron chi connectivity index (χ0n) is 22.5. The van der Waals surface area contributed by atoms with E-state index >= 15 is 0 Å². The average Bonchev–Trinajstić information content (AvgIpc) is 2.88. The number of aliphatic hydroxyl groups is 4. The fraction of sp³-hybridized carbons (Fsp3) is 0.917. The van der Waals surface area contributed by atoms with Crippen LogP contribution in [-0.2, 0) is 37.4 Å². The summed E-state index contributed by atoms with van der Waals surface area (Å²) in [4.78, 5) is 34.6. The van der Waals surface area contributed by atoms with E-state index in [4.69, 9.17) is 23.3 Å². The van der Waals surface area contributed by atoms with Crippen molar-refractivity contribution in [1.29, 1.82) is 0 Å². The number of phosphoric ester groups is 1. The number of carbonyl (C=O) groups is 2. The molecule has 0 saturated heterocycles. The summed E-state index contributed by atoms with van der Waals surface area (Å²) >= 11 is 0. The summed E-state index contributed by atoms with van der Waals surface area (Å²) in [5.41, 5.74) is 0. The topological polar surface area (TPSA) is 199 Å². The normalized spacial score (nSPS) is 27.9. The zero-order valence-corrected chi connectivity index (χ0v) is 23.4. The van der Waals surface area contributed by atoms with Gasteiger partial charge in [-0.3, -0.25) is 18.6 Å². The standard InChI is InChI=1S/C24H45O13P/c1-4-6-8-10-12-17(25)34-14-16(36-18(26)13-11-9-7-5-2)15-35-38(31,32)37-24-22(30)20(28)19(27)21(29)23(24)33-3/h16,19-24,27-30H,4-15H2,1-3H3,(H,31,32)/t16-,19-,20-,21+,22+,23+,24-/m1/s1. The molecule has 1 aliphatic rings. The number of hydrogen-bond acceptors (Lipinski definition) is 12. The summed E-state index contributed by atoms with van der Waals surface area (Å²) in [6.07, 6.45) is -4.60. The van der Waals surface area contributed by atoms with E-state index in [2.05, 4.69) is 0 Å². The van der Waals surface area contributed by atoms with Crippen LogP contribution in [0.5, 0.6) is 0 Å². The lowest BCUT2D eigenvalue weighted by molar-refractivity contribution is -0.226. The Morgan fingerprint density at radius 2 is 1.29 bits per heavy atom. The molecule has 0 aromatic carbocycles. The van der Waals surface area contributed by atoms with Crippen LogP contribution in [0.15, 0.2) is 0 Å². The molecule has 0 radical (unpaired) electrons. The summed E-state index contributed by atoms with van der Waals surface area (Å²) in [5, 5.41) is 40.0. The number of aliphatic hydroxyl groups excluding tert-OH is 4. The van der Waals surface area contributed by atoms with Gasteiger partial charge in [-0.2, -0.15) is 0 Å². The Morgan fingerprint density at radius 1 is 0.763 bits per heavy atom. The zero-order chi connectivity index (χ0) is 28.7. The second-order valence-electron chi connectivity index (χ2n) is 9.41. The largest absolute Gasteiger partial charge is 0.472 e. The van der Waals surface area contributed by atoms with Gasteiger partial charge in [-0.05, 0) is 12.8 Å². The monoisotopic (exact) mass is 572 g/mol. The van der Waals surface area contributed by atoms with Gasteiger partial charge in [-0.15, -0.1) is 0 Å². The molecule has 1 rings (SSSR count). The van der Waals surface area contributed by atoms with Gasteiger partial charge in [-0.25, -0.2) is 4.57 Å². The smallest absolute Gasteiger partial charge is 0.462 e. The van der Waals surface area contributed by atoms with Gasteiger partial charge in [0.1, 0.15) is 43.2 Å². The molecule has 1 aliphatic carbocycles. The molecule has 0 amide bonds. The van der Waals surface area contributed by atoms with Crippen molar-refractivity contribution in [2.75, 3.05) is 20.3 Å². The van der Waals surface area contributed by atoms with Crippen LogP contribution in [0.3, 0.4) is 0 Å². The fourth-order valence-corrected chi connectivity index (χ4v) is 4.92. The number of carbonyl (C=O) groups excluding carboxylic acids is 2. The third-order valence-electron chi connectivity index (χ3n) is 6.19. The molecule has 0 aromatic rings. The van der Waals surface area contributed by atoms with Gasteiger partial charge in [0.15, 0.2) is 6.10 Å². The van der Waals surface area contributed by atoms with Crippen molar-refractivity contribution >= 4 is 19.8 Å². The van der Waals surface area contributed by atoms with Gasteiger partial charge in [-0.1, -0.05) is 52.4 Å². The number of hydrogen-bond donors (Lipinski definition) is 5. The lowest BCUT2D eigenvalue weighted by atomic mass is 9.85. The van der Waals surface area contributed by atoms with Crippen molar-refractivity contribution in [1.82, 2.24) is 0 Å². The third-order valence-corrected chi connectivity index (χ3v) is 7.18.